The molecule has 0 aliphatic heterocycles. The monoisotopic (exact) mass is 362 g/mol. The van der Waals surface area contributed by atoms with Crippen LogP contribution in [-0.2, 0) is 0 Å². The number of H-pyrrole nitrogens is 1. The highest BCUT2D eigenvalue weighted by Gasteiger charge is 2.12. The van der Waals surface area contributed by atoms with Crippen molar-refractivity contribution in [2.45, 2.75) is 0 Å². The molecule has 2 N–H and O–H groups in total. The predicted octanol–water partition coefficient (Wildman–Crippen LogP) is 2.23. The first-order chi connectivity index (χ1) is 12.8. The molecule has 0 amide bonds. The quantitative estimate of drug-likeness (QED) is 0.506. The van der Waals surface area contributed by atoms with Crippen LogP contribution in [0.1, 0.15) is 0 Å². The second kappa shape index (κ2) is 5.70. The van der Waals surface area contributed by atoms with Gasteiger partial charge < -0.3 is 10.3 Å². The lowest BCUT2D eigenvalue weighted by Crippen LogP contribution is -2.02. The molecule has 4 heterocycles. The molecule has 126 valence electrons. The zero-order valence-electron chi connectivity index (χ0n) is 13.1. The summed E-state index contributed by atoms with van der Waals surface area (Å²) in [6.07, 6.45) is 4.96. The fraction of sp³-hybridized carbons (Fsp3) is 0. The molecule has 0 fully saturated rings. The van der Waals surface area contributed by atoms with Crippen molar-refractivity contribution in [3.63, 3.8) is 0 Å². The van der Waals surface area contributed by atoms with Gasteiger partial charge in [0.15, 0.2) is 5.65 Å². The number of aromatic nitrogens is 7. The smallest absolute Gasteiger partial charge is 0.247 e. The van der Waals surface area contributed by atoms with E-state index in [0.717, 1.165) is 22.3 Å². The van der Waals surface area contributed by atoms with Crippen molar-refractivity contribution in [2.24, 2.45) is 0 Å². The first-order valence-electron chi connectivity index (χ1n) is 7.66. The number of pyridine rings is 1. The molecule has 4 aromatic heterocycles. The first kappa shape index (κ1) is 14.7. The van der Waals surface area contributed by atoms with Gasteiger partial charge in [-0.25, -0.2) is 4.52 Å². The van der Waals surface area contributed by atoms with E-state index < -0.39 is 0 Å². The molecule has 5 aromatic rings. The van der Waals surface area contributed by atoms with Gasteiger partial charge in [0, 0.05) is 35.9 Å². The van der Waals surface area contributed by atoms with E-state index in [4.69, 9.17) is 0 Å². The minimum atomic E-state index is -0.170. The zero-order valence-corrected chi connectivity index (χ0v) is 13.9. The minimum absolute atomic E-state index is 0.170. The standard InChI is InChI=1S/C16H10N8OS/c25-13-4-1-9(8-18-13)14-15-20-16(21-24(15)6-5-17-14)19-10-2-3-11-12(7-10)23-26-22-11/h1-8H,(H,18,25)(H,19,21). The van der Waals surface area contributed by atoms with Crippen molar-refractivity contribution >= 4 is 40.0 Å². The third-order valence-electron chi connectivity index (χ3n) is 3.82. The Hall–Kier alpha value is -3.66. The highest BCUT2D eigenvalue weighted by atomic mass is 32.1. The van der Waals surface area contributed by atoms with Crippen molar-refractivity contribution < 1.29 is 0 Å². The average molecular weight is 362 g/mol. The van der Waals surface area contributed by atoms with Crippen LogP contribution in [0.5, 0.6) is 0 Å². The van der Waals surface area contributed by atoms with Crippen LogP contribution in [-0.4, -0.2) is 33.3 Å². The van der Waals surface area contributed by atoms with Gasteiger partial charge >= 0.3 is 0 Å². The Labute approximate surface area is 149 Å². The van der Waals surface area contributed by atoms with Gasteiger partial charge in [0.25, 0.3) is 0 Å². The molecule has 0 aliphatic rings. The van der Waals surface area contributed by atoms with Crippen LogP contribution in [0.3, 0.4) is 0 Å². The zero-order chi connectivity index (χ0) is 17.5. The Morgan fingerprint density at radius 2 is 2.04 bits per heavy atom. The second-order valence-corrected chi connectivity index (χ2v) is 6.04. The largest absolute Gasteiger partial charge is 0.328 e. The third kappa shape index (κ3) is 2.48. The topological polar surface area (TPSA) is 114 Å². The third-order valence-corrected chi connectivity index (χ3v) is 4.38. The molecular weight excluding hydrogens is 352 g/mol. The van der Waals surface area contributed by atoms with Crippen LogP contribution in [0.2, 0.25) is 0 Å². The Bertz CT molecular complexity index is 1280. The second-order valence-electron chi connectivity index (χ2n) is 5.51. The Kier molecular flexibility index (Phi) is 3.22. The molecule has 0 aliphatic carbocycles. The molecular formula is C16H10N8OS. The summed E-state index contributed by atoms with van der Waals surface area (Å²) < 4.78 is 10.1. The van der Waals surface area contributed by atoms with Crippen molar-refractivity contribution in [3.05, 3.63) is 59.3 Å². The number of fused-ring (bicyclic) bond motifs is 2. The highest BCUT2D eigenvalue weighted by molar-refractivity contribution is 7.00. The molecule has 0 saturated carbocycles. The van der Waals surface area contributed by atoms with Crippen LogP contribution in [0.15, 0.2) is 53.7 Å². The number of benzene rings is 1. The van der Waals surface area contributed by atoms with Crippen LogP contribution in [0.25, 0.3) is 27.9 Å². The van der Waals surface area contributed by atoms with Gasteiger partial charge in [-0.05, 0) is 24.3 Å². The number of hydrogen-bond donors (Lipinski definition) is 2. The maximum Gasteiger partial charge on any atom is 0.247 e. The summed E-state index contributed by atoms with van der Waals surface area (Å²) in [5.41, 5.74) is 4.29. The number of nitrogens with zero attached hydrogens (tertiary/aromatic N) is 6. The summed E-state index contributed by atoms with van der Waals surface area (Å²) in [7, 11) is 0. The summed E-state index contributed by atoms with van der Waals surface area (Å²) in [6, 6.07) is 8.84. The molecule has 5 rings (SSSR count). The van der Waals surface area contributed by atoms with Crippen molar-refractivity contribution in [2.75, 3.05) is 5.32 Å². The van der Waals surface area contributed by atoms with Gasteiger partial charge in [0.2, 0.25) is 11.5 Å². The lowest BCUT2D eigenvalue weighted by molar-refractivity contribution is 0.951. The fourth-order valence-corrected chi connectivity index (χ4v) is 3.14. The van der Waals surface area contributed by atoms with Gasteiger partial charge in [0.1, 0.15) is 16.7 Å². The summed E-state index contributed by atoms with van der Waals surface area (Å²) in [4.78, 5) is 22.8. The summed E-state index contributed by atoms with van der Waals surface area (Å²) in [5.74, 6) is 0.436. The summed E-state index contributed by atoms with van der Waals surface area (Å²) in [6.45, 7) is 0. The van der Waals surface area contributed by atoms with Gasteiger partial charge in [-0.2, -0.15) is 13.7 Å². The van der Waals surface area contributed by atoms with Gasteiger partial charge in [-0.3, -0.25) is 9.78 Å². The molecule has 26 heavy (non-hydrogen) atoms. The van der Waals surface area contributed by atoms with Crippen molar-refractivity contribution in [1.29, 1.82) is 0 Å². The summed E-state index contributed by atoms with van der Waals surface area (Å²) >= 11 is 1.18. The maximum absolute atomic E-state index is 11.3. The van der Waals surface area contributed by atoms with Gasteiger partial charge in [0.05, 0.1) is 11.7 Å². The lowest BCUT2D eigenvalue weighted by Gasteiger charge is -2.00. The van der Waals surface area contributed by atoms with E-state index in [1.165, 1.54) is 17.8 Å². The van der Waals surface area contributed by atoms with Gasteiger partial charge in [-0.15, -0.1) is 5.10 Å². The lowest BCUT2D eigenvalue weighted by atomic mass is 10.2. The SMILES string of the molecule is O=c1ccc(-c2nccn3nc(Nc4ccc5nsnc5c4)nc23)c[nH]1. The first-order valence-corrected chi connectivity index (χ1v) is 8.39. The molecule has 0 spiro atoms. The maximum atomic E-state index is 11.3. The normalized spacial score (nSPS) is 11.2. The van der Waals surface area contributed by atoms with E-state index in [-0.39, 0.29) is 5.56 Å². The van der Waals surface area contributed by atoms with Crippen LogP contribution >= 0.6 is 11.7 Å². The summed E-state index contributed by atoms with van der Waals surface area (Å²) in [5, 5.41) is 7.60. The minimum Gasteiger partial charge on any atom is -0.328 e. The molecule has 0 bridgehead atoms. The van der Waals surface area contributed by atoms with Crippen LogP contribution in [0, 0.1) is 0 Å². The average Bonchev–Trinajstić information content (AvgIpc) is 3.28. The fourth-order valence-electron chi connectivity index (χ4n) is 2.62. The number of anilines is 2. The Morgan fingerprint density at radius 3 is 2.92 bits per heavy atom. The van der Waals surface area contributed by atoms with E-state index in [2.05, 4.69) is 34.1 Å². The van der Waals surface area contributed by atoms with E-state index in [1.807, 2.05) is 18.2 Å². The van der Waals surface area contributed by atoms with E-state index in [0.29, 0.717) is 17.3 Å². The van der Waals surface area contributed by atoms with Crippen LogP contribution < -0.4 is 10.9 Å². The van der Waals surface area contributed by atoms with E-state index in [1.54, 1.807) is 29.2 Å². The molecule has 0 unspecified atom stereocenters. The Morgan fingerprint density at radius 1 is 1.12 bits per heavy atom. The van der Waals surface area contributed by atoms with E-state index >= 15 is 0 Å². The van der Waals surface area contributed by atoms with E-state index in [9.17, 15) is 4.79 Å². The number of aromatic amines is 1. The van der Waals surface area contributed by atoms with Gasteiger partial charge in [-0.1, -0.05) is 0 Å². The predicted molar refractivity (Wildman–Crippen MR) is 97.5 cm³/mol. The molecule has 9 nitrogen and oxygen atoms in total. The highest BCUT2D eigenvalue weighted by Crippen LogP contribution is 2.23. The number of nitrogens with one attached hydrogen (secondary N) is 2. The van der Waals surface area contributed by atoms with Crippen LogP contribution in [0.4, 0.5) is 11.6 Å². The van der Waals surface area contributed by atoms with Crippen molar-refractivity contribution in [1.82, 2.24) is 33.3 Å². The van der Waals surface area contributed by atoms with Crippen molar-refractivity contribution in [3.8, 4) is 11.3 Å². The molecule has 10 heteroatoms. The molecule has 0 atom stereocenters. The Balaban J connectivity index is 1.56. The molecule has 0 saturated heterocycles. The molecule has 0 radical (unpaired) electrons. The number of rotatable bonds is 3. The number of hydrogen-bond acceptors (Lipinski definition) is 8. The molecule has 1 aromatic carbocycles.